The van der Waals surface area contributed by atoms with Gasteiger partial charge in [-0.15, -0.1) is 11.3 Å². The molecule has 8 heteroatoms. The van der Waals surface area contributed by atoms with Crippen LogP contribution in [0.25, 0.3) is 0 Å². The molecule has 116 valence electrons. The SMILES string of the molecule is CC(NC(=O)N1CCN(c2ncccn2)CC1)c1nccs1. The summed E-state index contributed by atoms with van der Waals surface area (Å²) in [5.74, 6) is 0.721. The predicted molar refractivity (Wildman–Crippen MR) is 84.9 cm³/mol. The quantitative estimate of drug-likeness (QED) is 0.929. The largest absolute Gasteiger partial charge is 0.337 e. The molecule has 3 rings (SSSR count). The van der Waals surface area contributed by atoms with Gasteiger partial charge in [-0.1, -0.05) is 0 Å². The van der Waals surface area contributed by atoms with E-state index in [-0.39, 0.29) is 12.1 Å². The predicted octanol–water partition coefficient (Wildman–Crippen LogP) is 1.53. The van der Waals surface area contributed by atoms with Crippen LogP contribution in [0.3, 0.4) is 0 Å². The molecule has 22 heavy (non-hydrogen) atoms. The van der Waals surface area contributed by atoms with E-state index < -0.39 is 0 Å². The monoisotopic (exact) mass is 318 g/mol. The molecule has 0 spiro atoms. The van der Waals surface area contributed by atoms with Gasteiger partial charge in [-0.05, 0) is 13.0 Å². The Morgan fingerprint density at radius 2 is 1.91 bits per heavy atom. The van der Waals surface area contributed by atoms with Crippen molar-refractivity contribution in [3.8, 4) is 0 Å². The fourth-order valence-electron chi connectivity index (χ4n) is 2.35. The van der Waals surface area contributed by atoms with E-state index in [4.69, 9.17) is 0 Å². The maximum absolute atomic E-state index is 12.3. The molecular formula is C14H18N6OS. The number of rotatable bonds is 3. The van der Waals surface area contributed by atoms with Gasteiger partial charge >= 0.3 is 6.03 Å². The second-order valence-corrected chi connectivity index (χ2v) is 5.99. The van der Waals surface area contributed by atoms with Crippen molar-refractivity contribution >= 4 is 23.3 Å². The van der Waals surface area contributed by atoms with E-state index in [1.807, 2.05) is 17.2 Å². The van der Waals surface area contributed by atoms with Gasteiger partial charge in [0.25, 0.3) is 0 Å². The zero-order chi connectivity index (χ0) is 15.4. The molecule has 1 atom stereocenters. The molecule has 1 aliphatic heterocycles. The van der Waals surface area contributed by atoms with E-state index in [9.17, 15) is 4.79 Å². The third-order valence-corrected chi connectivity index (χ3v) is 4.52. The lowest BCUT2D eigenvalue weighted by Gasteiger charge is -2.35. The Kier molecular flexibility index (Phi) is 4.47. The molecule has 2 amide bonds. The van der Waals surface area contributed by atoms with E-state index in [2.05, 4.69) is 25.2 Å². The standard InChI is InChI=1S/C14H18N6OS/c1-11(12-15-5-10-22-12)18-14(21)20-8-6-19(7-9-20)13-16-3-2-4-17-13/h2-5,10-11H,6-9H2,1H3,(H,18,21). The molecule has 0 aliphatic carbocycles. The van der Waals surface area contributed by atoms with Gasteiger partial charge in [0.05, 0.1) is 6.04 Å². The number of hydrogen-bond donors (Lipinski definition) is 1. The summed E-state index contributed by atoms with van der Waals surface area (Å²) in [6.45, 7) is 4.75. The van der Waals surface area contributed by atoms with Crippen molar-refractivity contribution in [1.82, 2.24) is 25.2 Å². The Bertz CT molecular complexity index is 597. The van der Waals surface area contributed by atoms with Crippen LogP contribution in [0.5, 0.6) is 0 Å². The number of hydrogen-bond acceptors (Lipinski definition) is 6. The highest BCUT2D eigenvalue weighted by atomic mass is 32.1. The Morgan fingerprint density at radius 3 is 2.55 bits per heavy atom. The molecule has 2 aromatic heterocycles. The maximum atomic E-state index is 12.3. The zero-order valence-electron chi connectivity index (χ0n) is 12.3. The van der Waals surface area contributed by atoms with Crippen LogP contribution in [-0.2, 0) is 0 Å². The molecule has 1 N–H and O–H groups in total. The van der Waals surface area contributed by atoms with Crippen molar-refractivity contribution < 1.29 is 4.79 Å². The lowest BCUT2D eigenvalue weighted by atomic mass is 10.3. The number of anilines is 1. The number of carbonyl (C=O) groups is 1. The van der Waals surface area contributed by atoms with Crippen molar-refractivity contribution in [2.24, 2.45) is 0 Å². The summed E-state index contributed by atoms with van der Waals surface area (Å²) in [6, 6.07) is 1.69. The molecule has 1 unspecified atom stereocenters. The van der Waals surface area contributed by atoms with Gasteiger partial charge in [0.1, 0.15) is 5.01 Å². The van der Waals surface area contributed by atoms with Crippen LogP contribution >= 0.6 is 11.3 Å². The number of amides is 2. The number of aromatic nitrogens is 3. The molecule has 1 saturated heterocycles. The minimum atomic E-state index is -0.0667. The Balaban J connectivity index is 1.52. The van der Waals surface area contributed by atoms with Gasteiger partial charge in [0, 0.05) is 50.1 Å². The van der Waals surface area contributed by atoms with Crippen molar-refractivity contribution in [3.05, 3.63) is 35.0 Å². The van der Waals surface area contributed by atoms with E-state index >= 15 is 0 Å². The van der Waals surface area contributed by atoms with Crippen LogP contribution < -0.4 is 10.2 Å². The number of thiazole rings is 1. The molecular weight excluding hydrogens is 300 g/mol. The fraction of sp³-hybridized carbons (Fsp3) is 0.429. The first-order valence-corrected chi connectivity index (χ1v) is 8.09. The van der Waals surface area contributed by atoms with Gasteiger partial charge in [0.2, 0.25) is 5.95 Å². The van der Waals surface area contributed by atoms with Crippen LogP contribution in [0.1, 0.15) is 18.0 Å². The Morgan fingerprint density at radius 1 is 1.18 bits per heavy atom. The highest BCUT2D eigenvalue weighted by Crippen LogP contribution is 2.16. The average Bonchev–Trinajstić information content (AvgIpc) is 3.10. The van der Waals surface area contributed by atoms with E-state index in [1.165, 1.54) is 0 Å². The lowest BCUT2D eigenvalue weighted by molar-refractivity contribution is 0.191. The van der Waals surface area contributed by atoms with Crippen LogP contribution in [0, 0.1) is 0 Å². The molecule has 0 bridgehead atoms. The Hall–Kier alpha value is -2.22. The lowest BCUT2D eigenvalue weighted by Crippen LogP contribution is -2.52. The number of nitrogens with one attached hydrogen (secondary N) is 1. The van der Waals surface area contributed by atoms with Crippen LogP contribution in [0.4, 0.5) is 10.7 Å². The van der Waals surface area contributed by atoms with Crippen molar-refractivity contribution in [1.29, 1.82) is 0 Å². The molecule has 0 saturated carbocycles. The highest BCUT2D eigenvalue weighted by Gasteiger charge is 2.23. The molecule has 1 fully saturated rings. The normalized spacial score (nSPS) is 16.4. The second kappa shape index (κ2) is 6.69. The molecule has 3 heterocycles. The minimum absolute atomic E-state index is 0.0451. The van der Waals surface area contributed by atoms with Gasteiger partial charge in [-0.25, -0.2) is 19.7 Å². The van der Waals surface area contributed by atoms with E-state index in [0.29, 0.717) is 13.1 Å². The maximum Gasteiger partial charge on any atom is 0.318 e. The van der Waals surface area contributed by atoms with E-state index in [0.717, 1.165) is 24.0 Å². The fourth-order valence-corrected chi connectivity index (χ4v) is 3.00. The van der Waals surface area contributed by atoms with Gasteiger partial charge < -0.3 is 15.1 Å². The number of urea groups is 1. The highest BCUT2D eigenvalue weighted by molar-refractivity contribution is 7.09. The number of piperazine rings is 1. The summed E-state index contributed by atoms with van der Waals surface area (Å²) < 4.78 is 0. The second-order valence-electron chi connectivity index (χ2n) is 5.06. The molecule has 7 nitrogen and oxygen atoms in total. The summed E-state index contributed by atoms with van der Waals surface area (Å²) >= 11 is 1.55. The van der Waals surface area contributed by atoms with Crippen LogP contribution in [0.15, 0.2) is 30.0 Å². The van der Waals surface area contributed by atoms with Crippen molar-refractivity contribution in [2.75, 3.05) is 31.1 Å². The molecule has 0 radical (unpaired) electrons. The van der Waals surface area contributed by atoms with Gasteiger partial charge in [-0.3, -0.25) is 0 Å². The molecule has 0 aromatic carbocycles. The van der Waals surface area contributed by atoms with Crippen LogP contribution in [0.2, 0.25) is 0 Å². The first-order valence-electron chi connectivity index (χ1n) is 7.21. The number of nitrogens with zero attached hydrogens (tertiary/aromatic N) is 5. The summed E-state index contributed by atoms with van der Waals surface area (Å²) in [5, 5.41) is 5.83. The number of carbonyl (C=O) groups excluding carboxylic acids is 1. The first-order chi connectivity index (χ1) is 10.7. The van der Waals surface area contributed by atoms with Crippen molar-refractivity contribution in [2.45, 2.75) is 13.0 Å². The minimum Gasteiger partial charge on any atom is -0.337 e. The zero-order valence-corrected chi connectivity index (χ0v) is 13.2. The molecule has 1 aliphatic rings. The summed E-state index contributed by atoms with van der Waals surface area (Å²) in [7, 11) is 0. The third-order valence-electron chi connectivity index (χ3n) is 3.56. The summed E-state index contributed by atoms with van der Waals surface area (Å²) in [4.78, 5) is 28.9. The third kappa shape index (κ3) is 3.33. The topological polar surface area (TPSA) is 74.2 Å². The van der Waals surface area contributed by atoms with Gasteiger partial charge in [0.15, 0.2) is 0 Å². The summed E-state index contributed by atoms with van der Waals surface area (Å²) in [6.07, 6.45) is 5.22. The van der Waals surface area contributed by atoms with Crippen LogP contribution in [-0.4, -0.2) is 52.1 Å². The average molecular weight is 318 g/mol. The Labute approximate surface area is 133 Å². The first kappa shape index (κ1) is 14.7. The van der Waals surface area contributed by atoms with E-state index in [1.54, 1.807) is 36.0 Å². The summed E-state index contributed by atoms with van der Waals surface area (Å²) in [5.41, 5.74) is 0. The van der Waals surface area contributed by atoms with Gasteiger partial charge in [-0.2, -0.15) is 0 Å². The van der Waals surface area contributed by atoms with Crippen molar-refractivity contribution in [3.63, 3.8) is 0 Å². The molecule has 2 aromatic rings. The smallest absolute Gasteiger partial charge is 0.318 e.